The van der Waals surface area contributed by atoms with Gasteiger partial charge in [0.15, 0.2) is 0 Å². The first kappa shape index (κ1) is 15.3. The molecule has 1 heterocycles. The van der Waals surface area contributed by atoms with Crippen LogP contribution in [0.2, 0.25) is 0 Å². The first-order valence-electron chi connectivity index (χ1n) is 7.74. The summed E-state index contributed by atoms with van der Waals surface area (Å²) in [5, 5.41) is 11.2. The molecule has 5 heteroatoms. The molecule has 2 aromatic carbocycles. The van der Waals surface area contributed by atoms with E-state index in [1.54, 1.807) is 4.90 Å². The van der Waals surface area contributed by atoms with Crippen molar-refractivity contribution >= 4 is 22.6 Å². The van der Waals surface area contributed by atoms with Gasteiger partial charge in [0.05, 0.1) is 12.5 Å². The maximum Gasteiger partial charge on any atom is 0.308 e. The normalized spacial score (nSPS) is 17.7. The van der Waals surface area contributed by atoms with Crippen LogP contribution in [0.4, 0.5) is 0 Å². The second-order valence-corrected chi connectivity index (χ2v) is 5.71. The van der Waals surface area contributed by atoms with E-state index in [4.69, 9.17) is 9.84 Å². The Morgan fingerprint density at radius 1 is 1.30 bits per heavy atom. The number of hydrogen-bond acceptors (Lipinski definition) is 3. The molecule has 0 saturated carbocycles. The monoisotopic (exact) mass is 313 g/mol. The second-order valence-electron chi connectivity index (χ2n) is 5.71. The number of likely N-dealkylation sites (tertiary alicyclic amines) is 1. The molecule has 120 valence electrons. The number of benzene rings is 2. The van der Waals surface area contributed by atoms with Crippen molar-refractivity contribution in [1.29, 1.82) is 0 Å². The van der Waals surface area contributed by atoms with Gasteiger partial charge in [-0.3, -0.25) is 9.59 Å². The van der Waals surface area contributed by atoms with E-state index >= 15 is 0 Å². The van der Waals surface area contributed by atoms with Gasteiger partial charge in [-0.2, -0.15) is 0 Å². The molecule has 2 aromatic rings. The summed E-state index contributed by atoms with van der Waals surface area (Å²) in [5.74, 6) is -0.901. The number of carbonyl (C=O) groups excluding carboxylic acids is 1. The second kappa shape index (κ2) is 6.28. The van der Waals surface area contributed by atoms with Gasteiger partial charge in [-0.05, 0) is 23.8 Å². The lowest BCUT2D eigenvalue weighted by Crippen LogP contribution is -2.26. The smallest absolute Gasteiger partial charge is 0.308 e. The predicted octanol–water partition coefficient (Wildman–Crippen LogP) is 2.67. The highest BCUT2D eigenvalue weighted by Crippen LogP contribution is 2.31. The molecule has 0 unspecified atom stereocenters. The van der Waals surface area contributed by atoms with Crippen molar-refractivity contribution in [2.75, 3.05) is 13.2 Å². The Balaban J connectivity index is 1.96. The van der Waals surface area contributed by atoms with Crippen molar-refractivity contribution in [2.45, 2.75) is 19.9 Å². The fourth-order valence-corrected chi connectivity index (χ4v) is 3.05. The first-order valence-corrected chi connectivity index (χ1v) is 7.74. The molecule has 0 aliphatic carbocycles. The number of aliphatic carboxylic acids is 1. The van der Waals surface area contributed by atoms with Crippen LogP contribution in [-0.2, 0) is 16.1 Å². The minimum absolute atomic E-state index is 0.0735. The predicted molar refractivity (Wildman–Crippen MR) is 86.3 cm³/mol. The first-order chi connectivity index (χ1) is 11.1. The van der Waals surface area contributed by atoms with Crippen molar-refractivity contribution in [3.8, 4) is 5.75 Å². The van der Waals surface area contributed by atoms with Crippen molar-refractivity contribution in [3.63, 3.8) is 0 Å². The van der Waals surface area contributed by atoms with E-state index in [0.717, 1.165) is 22.1 Å². The number of carboxylic acid groups (broad SMARTS) is 1. The largest absolute Gasteiger partial charge is 0.494 e. The Morgan fingerprint density at radius 3 is 2.78 bits per heavy atom. The minimum atomic E-state index is -0.913. The quantitative estimate of drug-likeness (QED) is 0.921. The molecule has 1 saturated heterocycles. The van der Waals surface area contributed by atoms with E-state index < -0.39 is 11.9 Å². The summed E-state index contributed by atoms with van der Waals surface area (Å²) in [7, 11) is 0. The number of hydrogen-bond donors (Lipinski definition) is 1. The summed E-state index contributed by atoms with van der Waals surface area (Å²) in [6, 6.07) is 11.8. The van der Waals surface area contributed by atoms with Crippen LogP contribution in [0.15, 0.2) is 36.4 Å². The van der Waals surface area contributed by atoms with Crippen LogP contribution in [0.1, 0.15) is 18.9 Å². The molecule has 1 aliphatic heterocycles. The average Bonchev–Trinajstić information content (AvgIpc) is 2.91. The maximum absolute atomic E-state index is 12.1. The summed E-state index contributed by atoms with van der Waals surface area (Å²) in [5.41, 5.74) is 0.935. The lowest BCUT2D eigenvalue weighted by molar-refractivity contribution is -0.141. The summed E-state index contributed by atoms with van der Waals surface area (Å²) < 4.78 is 5.71. The van der Waals surface area contributed by atoms with E-state index in [9.17, 15) is 9.59 Å². The number of carboxylic acids is 1. The van der Waals surface area contributed by atoms with Crippen molar-refractivity contribution in [2.24, 2.45) is 5.92 Å². The Morgan fingerprint density at radius 2 is 2.09 bits per heavy atom. The standard InChI is InChI=1S/C18H19NO4/c1-2-23-16-8-7-12-5-3-4-6-14(12)15(16)11-19-10-13(18(21)22)9-17(19)20/h3-8,13H,2,9-11H2,1H3,(H,21,22)/t13-/m1/s1. The molecule has 0 bridgehead atoms. The topological polar surface area (TPSA) is 66.8 Å². The average molecular weight is 313 g/mol. The summed E-state index contributed by atoms with van der Waals surface area (Å²) in [6.07, 6.45) is 0.0735. The highest BCUT2D eigenvalue weighted by Gasteiger charge is 2.34. The van der Waals surface area contributed by atoms with E-state index in [2.05, 4.69) is 0 Å². The third-order valence-corrected chi connectivity index (χ3v) is 4.21. The molecule has 5 nitrogen and oxygen atoms in total. The van der Waals surface area contributed by atoms with Gasteiger partial charge in [0.1, 0.15) is 5.75 Å². The van der Waals surface area contributed by atoms with Gasteiger partial charge in [-0.25, -0.2) is 0 Å². The summed E-state index contributed by atoms with van der Waals surface area (Å²) in [6.45, 7) is 3.08. The van der Waals surface area contributed by atoms with Crippen LogP contribution in [0.5, 0.6) is 5.75 Å². The Bertz CT molecular complexity index is 756. The van der Waals surface area contributed by atoms with Gasteiger partial charge in [-0.15, -0.1) is 0 Å². The molecular formula is C18H19NO4. The van der Waals surface area contributed by atoms with Crippen LogP contribution in [0.3, 0.4) is 0 Å². The third kappa shape index (κ3) is 2.99. The number of carbonyl (C=O) groups is 2. The molecule has 0 spiro atoms. The maximum atomic E-state index is 12.1. The highest BCUT2D eigenvalue weighted by atomic mass is 16.5. The van der Waals surface area contributed by atoms with Crippen LogP contribution in [0, 0.1) is 5.92 Å². The van der Waals surface area contributed by atoms with Crippen molar-refractivity contribution in [1.82, 2.24) is 4.90 Å². The van der Waals surface area contributed by atoms with Gasteiger partial charge in [0, 0.05) is 25.1 Å². The van der Waals surface area contributed by atoms with Crippen LogP contribution in [-0.4, -0.2) is 35.0 Å². The van der Waals surface area contributed by atoms with E-state index in [-0.39, 0.29) is 18.9 Å². The Hall–Kier alpha value is -2.56. The van der Waals surface area contributed by atoms with Crippen LogP contribution in [0.25, 0.3) is 10.8 Å². The van der Waals surface area contributed by atoms with Gasteiger partial charge < -0.3 is 14.7 Å². The van der Waals surface area contributed by atoms with Crippen molar-refractivity contribution < 1.29 is 19.4 Å². The van der Waals surface area contributed by atoms with Gasteiger partial charge in [-0.1, -0.05) is 30.3 Å². The van der Waals surface area contributed by atoms with Gasteiger partial charge >= 0.3 is 5.97 Å². The molecule has 23 heavy (non-hydrogen) atoms. The zero-order valence-electron chi connectivity index (χ0n) is 13.0. The van der Waals surface area contributed by atoms with Crippen LogP contribution < -0.4 is 4.74 Å². The molecular weight excluding hydrogens is 294 g/mol. The third-order valence-electron chi connectivity index (χ3n) is 4.21. The Labute approximate surface area is 134 Å². The molecule has 1 N–H and O–H groups in total. The fourth-order valence-electron chi connectivity index (χ4n) is 3.05. The number of fused-ring (bicyclic) bond motifs is 1. The molecule has 1 amide bonds. The SMILES string of the molecule is CCOc1ccc2ccccc2c1CN1C[C@H](C(=O)O)CC1=O. The Kier molecular flexibility index (Phi) is 4.19. The molecule has 1 fully saturated rings. The molecule has 0 aromatic heterocycles. The summed E-state index contributed by atoms with van der Waals surface area (Å²) in [4.78, 5) is 24.9. The molecule has 0 radical (unpaired) electrons. The van der Waals surface area contributed by atoms with E-state index in [1.165, 1.54) is 0 Å². The van der Waals surface area contributed by atoms with Crippen LogP contribution >= 0.6 is 0 Å². The zero-order chi connectivity index (χ0) is 16.4. The lowest BCUT2D eigenvalue weighted by Gasteiger charge is -2.20. The highest BCUT2D eigenvalue weighted by molar-refractivity contribution is 5.89. The summed E-state index contributed by atoms with van der Waals surface area (Å²) >= 11 is 0. The van der Waals surface area contributed by atoms with Gasteiger partial charge in [0.25, 0.3) is 0 Å². The van der Waals surface area contributed by atoms with Gasteiger partial charge in [0.2, 0.25) is 5.91 Å². The zero-order valence-corrected chi connectivity index (χ0v) is 13.0. The van der Waals surface area contributed by atoms with E-state index in [0.29, 0.717) is 13.2 Å². The van der Waals surface area contributed by atoms with E-state index in [1.807, 2.05) is 43.3 Å². The molecule has 3 rings (SSSR count). The number of nitrogens with zero attached hydrogens (tertiary/aromatic N) is 1. The molecule has 1 aliphatic rings. The lowest BCUT2D eigenvalue weighted by atomic mass is 10.0. The number of ether oxygens (including phenoxy) is 1. The fraction of sp³-hybridized carbons (Fsp3) is 0.333. The number of amides is 1. The minimum Gasteiger partial charge on any atom is -0.494 e. The number of rotatable bonds is 5. The van der Waals surface area contributed by atoms with Crippen molar-refractivity contribution in [3.05, 3.63) is 42.0 Å². The molecule has 1 atom stereocenters.